The summed E-state index contributed by atoms with van der Waals surface area (Å²) in [6, 6.07) is 33.6. The number of ether oxygens (including phenoxy) is 2. The van der Waals surface area contributed by atoms with E-state index in [2.05, 4.69) is 0 Å². The van der Waals surface area contributed by atoms with Crippen LogP contribution in [0.4, 0.5) is 10.5 Å². The van der Waals surface area contributed by atoms with E-state index in [0.717, 1.165) is 11.1 Å². The third kappa shape index (κ3) is 5.05. The number of hydrogen-bond acceptors (Lipinski definition) is 4. The smallest absolute Gasteiger partial charge is 0.332 e. The van der Waals surface area contributed by atoms with E-state index in [1.54, 1.807) is 43.0 Å². The second-order valence-corrected chi connectivity index (χ2v) is 9.36. The quantitative estimate of drug-likeness (QED) is 0.254. The van der Waals surface area contributed by atoms with E-state index in [1.807, 2.05) is 84.9 Å². The van der Waals surface area contributed by atoms with Crippen molar-refractivity contribution in [2.24, 2.45) is 0 Å². The van der Waals surface area contributed by atoms with Crippen LogP contribution >= 0.6 is 0 Å². The monoisotopic (exact) mass is 492 g/mol. The number of para-hydroxylation sites is 2. The van der Waals surface area contributed by atoms with Gasteiger partial charge in [-0.1, -0.05) is 66.7 Å². The van der Waals surface area contributed by atoms with E-state index in [4.69, 9.17) is 9.47 Å². The van der Waals surface area contributed by atoms with E-state index in [9.17, 15) is 9.59 Å². The Bertz CT molecular complexity index is 1390. The number of carbonyl (C=O) groups is 2. The minimum atomic E-state index is -1.03. The highest BCUT2D eigenvalue weighted by atomic mass is 16.5. The Morgan fingerprint density at radius 3 is 2.03 bits per heavy atom. The van der Waals surface area contributed by atoms with Crippen LogP contribution in [0.2, 0.25) is 0 Å². The van der Waals surface area contributed by atoms with Gasteiger partial charge in [0.25, 0.3) is 5.91 Å². The highest BCUT2D eigenvalue weighted by molar-refractivity contribution is 6.22. The minimum Gasteiger partial charge on any atom is -0.489 e. The Labute approximate surface area is 216 Å². The molecule has 0 spiro atoms. The largest absolute Gasteiger partial charge is 0.489 e. The zero-order valence-corrected chi connectivity index (χ0v) is 20.8. The average Bonchev–Trinajstić information content (AvgIpc) is 3.09. The average molecular weight is 493 g/mol. The van der Waals surface area contributed by atoms with Gasteiger partial charge in [0.15, 0.2) is 0 Å². The molecule has 0 unspecified atom stereocenters. The molecule has 1 aliphatic heterocycles. The summed E-state index contributed by atoms with van der Waals surface area (Å²) in [6.45, 7) is 4.21. The third-order valence-electron chi connectivity index (χ3n) is 6.44. The SMILES string of the molecule is CC1(C)C(=O)N(c2ccc(OCc3ccccc3)cc2)C(=O)N1Cc1ccccc1Oc1ccccc1. The van der Waals surface area contributed by atoms with E-state index in [0.29, 0.717) is 29.5 Å². The first kappa shape index (κ1) is 24.1. The van der Waals surface area contributed by atoms with Crippen molar-refractivity contribution in [3.63, 3.8) is 0 Å². The molecule has 0 aliphatic carbocycles. The van der Waals surface area contributed by atoms with Crippen molar-refractivity contribution >= 4 is 17.6 Å². The molecular weight excluding hydrogens is 464 g/mol. The molecule has 3 amide bonds. The number of imide groups is 1. The van der Waals surface area contributed by atoms with Crippen LogP contribution < -0.4 is 14.4 Å². The Kier molecular flexibility index (Phi) is 6.64. The highest BCUT2D eigenvalue weighted by Crippen LogP contribution is 2.36. The van der Waals surface area contributed by atoms with Crippen LogP contribution in [0.15, 0.2) is 109 Å². The molecule has 0 N–H and O–H groups in total. The lowest BCUT2D eigenvalue weighted by Gasteiger charge is -2.28. The number of amides is 3. The van der Waals surface area contributed by atoms with Crippen LogP contribution in [-0.4, -0.2) is 22.4 Å². The summed E-state index contributed by atoms with van der Waals surface area (Å²) in [5.74, 6) is 1.73. The summed E-state index contributed by atoms with van der Waals surface area (Å²) in [4.78, 5) is 29.8. The normalized spacial score (nSPS) is 14.6. The number of rotatable bonds is 8. The van der Waals surface area contributed by atoms with Crippen molar-refractivity contribution in [1.29, 1.82) is 0 Å². The maximum absolute atomic E-state index is 13.6. The molecule has 1 saturated heterocycles. The topological polar surface area (TPSA) is 59.1 Å². The lowest BCUT2D eigenvalue weighted by molar-refractivity contribution is -0.123. The van der Waals surface area contributed by atoms with Gasteiger partial charge in [0.05, 0.1) is 12.2 Å². The molecule has 0 bridgehead atoms. The number of nitrogens with zero attached hydrogens (tertiary/aromatic N) is 2. The summed E-state index contributed by atoms with van der Waals surface area (Å²) < 4.78 is 11.9. The Hall–Kier alpha value is -4.58. The molecule has 1 heterocycles. The predicted octanol–water partition coefficient (Wildman–Crippen LogP) is 6.81. The fourth-order valence-electron chi connectivity index (χ4n) is 4.28. The van der Waals surface area contributed by atoms with Gasteiger partial charge in [-0.15, -0.1) is 0 Å². The lowest BCUT2D eigenvalue weighted by atomic mass is 10.0. The van der Waals surface area contributed by atoms with Crippen LogP contribution in [0.25, 0.3) is 0 Å². The van der Waals surface area contributed by atoms with Crippen molar-refractivity contribution in [2.75, 3.05) is 4.90 Å². The molecule has 186 valence electrons. The van der Waals surface area contributed by atoms with E-state index < -0.39 is 5.54 Å². The molecule has 4 aromatic rings. The molecule has 6 heteroatoms. The van der Waals surface area contributed by atoms with Crippen molar-refractivity contribution in [3.05, 3.63) is 120 Å². The number of anilines is 1. The van der Waals surface area contributed by atoms with Crippen LogP contribution in [0.5, 0.6) is 17.2 Å². The molecule has 0 aromatic heterocycles. The second kappa shape index (κ2) is 10.2. The first-order valence-corrected chi connectivity index (χ1v) is 12.2. The number of urea groups is 1. The minimum absolute atomic E-state index is 0.231. The van der Waals surface area contributed by atoms with Crippen LogP contribution in [0, 0.1) is 0 Å². The van der Waals surface area contributed by atoms with E-state index >= 15 is 0 Å². The zero-order valence-electron chi connectivity index (χ0n) is 20.8. The van der Waals surface area contributed by atoms with E-state index in [1.165, 1.54) is 4.90 Å². The van der Waals surface area contributed by atoms with Gasteiger partial charge in [-0.3, -0.25) is 4.79 Å². The molecule has 4 aromatic carbocycles. The van der Waals surface area contributed by atoms with Crippen LogP contribution in [0.3, 0.4) is 0 Å². The Balaban J connectivity index is 1.33. The fraction of sp³-hybridized carbons (Fsp3) is 0.161. The Morgan fingerprint density at radius 2 is 1.32 bits per heavy atom. The highest BCUT2D eigenvalue weighted by Gasteiger charge is 2.51. The first-order valence-electron chi connectivity index (χ1n) is 12.2. The van der Waals surface area contributed by atoms with E-state index in [-0.39, 0.29) is 18.5 Å². The molecule has 37 heavy (non-hydrogen) atoms. The molecule has 0 saturated carbocycles. The summed E-state index contributed by atoms with van der Waals surface area (Å²) in [6.07, 6.45) is 0. The molecule has 0 atom stereocenters. The molecule has 1 fully saturated rings. The molecule has 6 nitrogen and oxygen atoms in total. The van der Waals surface area contributed by atoms with Gasteiger partial charge in [0.2, 0.25) is 0 Å². The second-order valence-electron chi connectivity index (χ2n) is 9.36. The van der Waals surface area contributed by atoms with Gasteiger partial charge in [-0.2, -0.15) is 0 Å². The van der Waals surface area contributed by atoms with Crippen molar-refractivity contribution in [2.45, 2.75) is 32.5 Å². The molecule has 1 aliphatic rings. The molecule has 5 rings (SSSR count). The first-order chi connectivity index (χ1) is 17.9. The standard InChI is InChI=1S/C31H28N2O4/c1-31(2)29(34)33(25-17-19-26(20-18-25)36-22-23-11-5-3-6-12-23)30(35)32(31)21-24-13-9-10-16-28(24)37-27-14-7-4-8-15-27/h3-20H,21-22H2,1-2H3. The van der Waals surface area contributed by atoms with Gasteiger partial charge in [-0.05, 0) is 61.9 Å². The summed E-state index contributed by atoms with van der Waals surface area (Å²) in [7, 11) is 0. The number of carbonyl (C=O) groups excluding carboxylic acids is 2. The number of hydrogen-bond donors (Lipinski definition) is 0. The summed E-state index contributed by atoms with van der Waals surface area (Å²) in [5, 5.41) is 0. The van der Waals surface area contributed by atoms with Crippen molar-refractivity contribution in [3.8, 4) is 17.2 Å². The van der Waals surface area contributed by atoms with Crippen molar-refractivity contribution < 1.29 is 19.1 Å². The van der Waals surface area contributed by atoms with Gasteiger partial charge in [0, 0.05) is 5.56 Å². The summed E-state index contributed by atoms with van der Waals surface area (Å²) >= 11 is 0. The third-order valence-corrected chi connectivity index (χ3v) is 6.44. The summed E-state index contributed by atoms with van der Waals surface area (Å²) in [5.41, 5.74) is 1.35. The maximum atomic E-state index is 13.6. The van der Waals surface area contributed by atoms with Crippen LogP contribution in [0.1, 0.15) is 25.0 Å². The van der Waals surface area contributed by atoms with Crippen LogP contribution in [-0.2, 0) is 17.9 Å². The van der Waals surface area contributed by atoms with Crippen molar-refractivity contribution in [1.82, 2.24) is 4.90 Å². The fourth-order valence-corrected chi connectivity index (χ4v) is 4.28. The van der Waals surface area contributed by atoms with Gasteiger partial charge >= 0.3 is 6.03 Å². The Morgan fingerprint density at radius 1 is 0.703 bits per heavy atom. The molecule has 0 radical (unpaired) electrons. The zero-order chi connectivity index (χ0) is 25.8. The predicted molar refractivity (Wildman–Crippen MR) is 143 cm³/mol. The number of benzene rings is 4. The maximum Gasteiger partial charge on any atom is 0.332 e. The van der Waals surface area contributed by atoms with Gasteiger partial charge in [0.1, 0.15) is 29.4 Å². The lowest BCUT2D eigenvalue weighted by Crippen LogP contribution is -2.43. The van der Waals surface area contributed by atoms with Gasteiger partial charge in [-0.25, -0.2) is 9.69 Å². The van der Waals surface area contributed by atoms with Gasteiger partial charge < -0.3 is 14.4 Å². The molecular formula is C31H28N2O4.